The third-order valence-electron chi connectivity index (χ3n) is 3.18. The van der Waals surface area contributed by atoms with E-state index in [4.69, 9.17) is 16.3 Å². The van der Waals surface area contributed by atoms with Gasteiger partial charge in [0.25, 0.3) is 5.56 Å². The second-order valence-electron chi connectivity index (χ2n) is 5.18. The summed E-state index contributed by atoms with van der Waals surface area (Å²) in [5.41, 5.74) is 1.81. The summed E-state index contributed by atoms with van der Waals surface area (Å²) in [6.45, 7) is 3.86. The van der Waals surface area contributed by atoms with Crippen LogP contribution in [0.5, 0.6) is 0 Å². The summed E-state index contributed by atoms with van der Waals surface area (Å²) in [5, 5.41) is 3.31. The molecule has 1 aromatic carbocycles. The van der Waals surface area contributed by atoms with E-state index in [1.54, 1.807) is 19.1 Å². The second-order valence-corrected chi connectivity index (χ2v) is 6.95. The van der Waals surface area contributed by atoms with Crippen molar-refractivity contribution in [2.75, 3.05) is 12.4 Å². The topological polar surface area (TPSA) is 84.1 Å². The molecule has 6 nitrogen and oxygen atoms in total. The van der Waals surface area contributed by atoms with E-state index in [0.717, 1.165) is 5.56 Å². The molecule has 1 heterocycles. The first kappa shape index (κ1) is 18.5. The maximum absolute atomic E-state index is 12.4. The highest BCUT2D eigenvalue weighted by molar-refractivity contribution is 8.00. The van der Waals surface area contributed by atoms with E-state index in [1.165, 1.54) is 24.9 Å². The van der Waals surface area contributed by atoms with Gasteiger partial charge in [-0.05, 0) is 31.5 Å². The Morgan fingerprint density at radius 3 is 2.92 bits per heavy atom. The fraction of sp³-hybridized carbons (Fsp3) is 0.312. The summed E-state index contributed by atoms with van der Waals surface area (Å²) in [7, 11) is 1.53. The number of H-pyrrole nitrogens is 1. The first-order valence-corrected chi connectivity index (χ1v) is 8.47. The van der Waals surface area contributed by atoms with Crippen LogP contribution in [0.15, 0.2) is 34.2 Å². The molecule has 0 spiro atoms. The van der Waals surface area contributed by atoms with Crippen molar-refractivity contribution in [3.8, 4) is 0 Å². The molecule has 24 heavy (non-hydrogen) atoms. The molecule has 1 amide bonds. The van der Waals surface area contributed by atoms with E-state index in [0.29, 0.717) is 21.6 Å². The molecule has 1 unspecified atom stereocenters. The zero-order chi connectivity index (χ0) is 17.7. The fourth-order valence-corrected chi connectivity index (χ4v) is 2.95. The third-order valence-corrected chi connectivity index (χ3v) is 4.40. The van der Waals surface area contributed by atoms with Gasteiger partial charge in [-0.3, -0.25) is 9.59 Å². The number of aromatic amines is 1. The number of nitrogens with zero attached hydrogens (tertiary/aromatic N) is 1. The SMILES string of the molecule is COCc1cc(=O)[nH]c(SC(C)C(=O)Nc2cc(Cl)ccc2C)n1. The van der Waals surface area contributed by atoms with Crippen LogP contribution < -0.4 is 10.9 Å². The molecular formula is C16H18ClN3O3S. The molecule has 2 aromatic rings. The minimum atomic E-state index is -0.454. The summed E-state index contributed by atoms with van der Waals surface area (Å²) in [5.74, 6) is -0.204. The molecule has 0 aliphatic heterocycles. The molecule has 1 aromatic heterocycles. The van der Waals surface area contributed by atoms with E-state index in [2.05, 4.69) is 15.3 Å². The van der Waals surface area contributed by atoms with Crippen molar-refractivity contribution in [1.82, 2.24) is 9.97 Å². The highest BCUT2D eigenvalue weighted by Gasteiger charge is 2.17. The Morgan fingerprint density at radius 2 is 2.21 bits per heavy atom. The number of methoxy groups -OCH3 is 1. The van der Waals surface area contributed by atoms with Crippen LogP contribution >= 0.6 is 23.4 Å². The molecule has 0 fully saturated rings. The van der Waals surface area contributed by atoms with Crippen molar-refractivity contribution < 1.29 is 9.53 Å². The second kappa shape index (κ2) is 8.32. The number of nitrogens with one attached hydrogen (secondary N) is 2. The van der Waals surface area contributed by atoms with Crippen LogP contribution in [-0.4, -0.2) is 28.2 Å². The lowest BCUT2D eigenvalue weighted by molar-refractivity contribution is -0.115. The molecule has 1 atom stereocenters. The van der Waals surface area contributed by atoms with Crippen LogP contribution in [0.2, 0.25) is 5.02 Å². The molecule has 2 rings (SSSR count). The first-order valence-electron chi connectivity index (χ1n) is 7.22. The van der Waals surface area contributed by atoms with Gasteiger partial charge in [-0.2, -0.15) is 0 Å². The quantitative estimate of drug-likeness (QED) is 0.605. The predicted molar refractivity (Wildman–Crippen MR) is 95.7 cm³/mol. The number of aromatic nitrogens is 2. The van der Waals surface area contributed by atoms with Crippen molar-refractivity contribution >= 4 is 35.0 Å². The largest absolute Gasteiger partial charge is 0.378 e. The van der Waals surface area contributed by atoms with Gasteiger partial charge < -0.3 is 15.0 Å². The van der Waals surface area contributed by atoms with Crippen LogP contribution in [0.25, 0.3) is 0 Å². The smallest absolute Gasteiger partial charge is 0.251 e. The van der Waals surface area contributed by atoms with E-state index in [1.807, 2.05) is 13.0 Å². The maximum Gasteiger partial charge on any atom is 0.251 e. The Hall–Kier alpha value is -1.83. The first-order chi connectivity index (χ1) is 11.4. The van der Waals surface area contributed by atoms with Crippen LogP contribution in [0.4, 0.5) is 5.69 Å². The number of halogens is 1. The monoisotopic (exact) mass is 367 g/mol. The lowest BCUT2D eigenvalue weighted by atomic mass is 10.2. The number of carbonyl (C=O) groups excluding carboxylic acids is 1. The van der Waals surface area contributed by atoms with Crippen molar-refractivity contribution in [3.63, 3.8) is 0 Å². The number of anilines is 1. The van der Waals surface area contributed by atoms with Crippen LogP contribution in [0.1, 0.15) is 18.2 Å². The standard InChI is InChI=1S/C16H18ClN3O3S/c1-9-4-5-11(17)6-13(9)19-15(22)10(2)24-16-18-12(8-23-3)7-14(21)20-16/h4-7,10H,8H2,1-3H3,(H,19,22)(H,18,20,21). The molecule has 0 aliphatic rings. The zero-order valence-corrected chi connectivity index (χ0v) is 15.1. The molecule has 8 heteroatoms. The van der Waals surface area contributed by atoms with Gasteiger partial charge in [0.2, 0.25) is 5.91 Å². The summed E-state index contributed by atoms with van der Waals surface area (Å²) in [6.07, 6.45) is 0. The highest BCUT2D eigenvalue weighted by Crippen LogP contribution is 2.23. The lowest BCUT2D eigenvalue weighted by Crippen LogP contribution is -2.23. The van der Waals surface area contributed by atoms with Gasteiger partial charge in [0, 0.05) is 23.9 Å². The fourth-order valence-electron chi connectivity index (χ4n) is 1.95. The van der Waals surface area contributed by atoms with Gasteiger partial charge in [0.15, 0.2) is 5.16 Å². The van der Waals surface area contributed by atoms with Gasteiger partial charge >= 0.3 is 0 Å². The van der Waals surface area contributed by atoms with Crippen molar-refractivity contribution in [2.45, 2.75) is 30.9 Å². The average molecular weight is 368 g/mol. The van der Waals surface area contributed by atoms with E-state index in [9.17, 15) is 9.59 Å². The number of benzene rings is 1. The molecule has 128 valence electrons. The predicted octanol–water partition coefficient (Wildman–Crippen LogP) is 3.00. The minimum Gasteiger partial charge on any atom is -0.378 e. The molecule has 0 saturated heterocycles. The third kappa shape index (κ3) is 5.09. The van der Waals surface area contributed by atoms with E-state index < -0.39 is 5.25 Å². The molecule has 0 saturated carbocycles. The van der Waals surface area contributed by atoms with Crippen molar-refractivity contribution in [3.05, 3.63) is 50.9 Å². The summed E-state index contributed by atoms with van der Waals surface area (Å²) >= 11 is 7.12. The van der Waals surface area contributed by atoms with Gasteiger partial charge in [-0.1, -0.05) is 29.4 Å². The van der Waals surface area contributed by atoms with E-state index >= 15 is 0 Å². The number of thioether (sulfide) groups is 1. The molecule has 0 radical (unpaired) electrons. The number of carbonyl (C=O) groups is 1. The number of rotatable bonds is 6. The average Bonchev–Trinajstić information content (AvgIpc) is 2.50. The number of ether oxygens (including phenoxy) is 1. The van der Waals surface area contributed by atoms with Crippen LogP contribution in [-0.2, 0) is 16.1 Å². The van der Waals surface area contributed by atoms with E-state index in [-0.39, 0.29) is 18.1 Å². The molecular weight excluding hydrogens is 350 g/mol. The number of aryl methyl sites for hydroxylation is 1. The van der Waals surface area contributed by atoms with Gasteiger partial charge in [-0.15, -0.1) is 0 Å². The number of hydrogen-bond acceptors (Lipinski definition) is 5. The Bertz CT molecular complexity index is 794. The number of amides is 1. The van der Waals surface area contributed by atoms with Gasteiger partial charge in [-0.25, -0.2) is 4.98 Å². The highest BCUT2D eigenvalue weighted by atomic mass is 35.5. The maximum atomic E-state index is 12.4. The zero-order valence-electron chi connectivity index (χ0n) is 13.6. The van der Waals surface area contributed by atoms with Crippen LogP contribution in [0.3, 0.4) is 0 Å². The summed E-state index contributed by atoms with van der Waals surface area (Å²) < 4.78 is 4.98. The minimum absolute atomic E-state index is 0.204. The number of hydrogen-bond donors (Lipinski definition) is 2. The molecule has 0 bridgehead atoms. The van der Waals surface area contributed by atoms with Crippen LogP contribution in [0, 0.1) is 6.92 Å². The normalized spacial score (nSPS) is 12.0. The van der Waals surface area contributed by atoms with Crippen molar-refractivity contribution in [2.24, 2.45) is 0 Å². The Balaban J connectivity index is 2.09. The Labute approximate surface area is 149 Å². The van der Waals surface area contributed by atoms with Gasteiger partial charge in [0.05, 0.1) is 17.6 Å². The molecule has 0 aliphatic carbocycles. The molecule has 2 N–H and O–H groups in total. The Kier molecular flexibility index (Phi) is 6.42. The summed E-state index contributed by atoms with van der Waals surface area (Å²) in [6, 6.07) is 6.67. The lowest BCUT2D eigenvalue weighted by Gasteiger charge is -2.13. The Morgan fingerprint density at radius 1 is 1.46 bits per heavy atom. The summed E-state index contributed by atoms with van der Waals surface area (Å²) in [4.78, 5) is 30.9. The van der Waals surface area contributed by atoms with Gasteiger partial charge in [0.1, 0.15) is 0 Å². The van der Waals surface area contributed by atoms with Crippen molar-refractivity contribution in [1.29, 1.82) is 0 Å².